The lowest BCUT2D eigenvalue weighted by Gasteiger charge is -2.67. The van der Waals surface area contributed by atoms with Crippen LogP contribution in [0.3, 0.4) is 0 Å². The van der Waals surface area contributed by atoms with Crippen LogP contribution in [0.1, 0.15) is 73.1 Å². The third-order valence-corrected chi connectivity index (χ3v) is 9.24. The molecule has 8 atom stereocenters. The standard InChI is InChI=1S/C24H36O5/c1-15(25)28-14-22(4)8-6-9-23(5)17-7-10-21(3)11-12-24(17,20(21)27)19(13-18(22)23)29-16(2)26/h11-12,17-20,27H,6-10,13-14H2,1-5H3/t17-,18+,19+,20?,21+,22+,23-,24+/m0/s1. The average molecular weight is 405 g/mol. The molecule has 3 saturated carbocycles. The zero-order chi connectivity index (χ0) is 21.2. The molecule has 0 amide bonds. The van der Waals surface area contributed by atoms with Crippen molar-refractivity contribution in [3.05, 3.63) is 12.2 Å². The molecule has 4 rings (SSSR count). The monoisotopic (exact) mass is 404 g/mol. The molecule has 0 aromatic rings. The second-order valence-corrected chi connectivity index (χ2v) is 11.0. The van der Waals surface area contributed by atoms with Crippen LogP contribution in [-0.4, -0.2) is 35.9 Å². The molecular weight excluding hydrogens is 368 g/mol. The van der Waals surface area contributed by atoms with Gasteiger partial charge in [-0.25, -0.2) is 0 Å². The van der Waals surface area contributed by atoms with Gasteiger partial charge in [0, 0.05) is 24.7 Å². The smallest absolute Gasteiger partial charge is 0.302 e. The number of hydrogen-bond donors (Lipinski definition) is 1. The Morgan fingerprint density at radius 3 is 2.41 bits per heavy atom. The average Bonchev–Trinajstić information content (AvgIpc) is 2.78. The lowest BCUT2D eigenvalue weighted by atomic mass is 9.39. The number of esters is 2. The van der Waals surface area contributed by atoms with E-state index in [0.717, 1.165) is 32.1 Å². The van der Waals surface area contributed by atoms with Gasteiger partial charge in [-0.15, -0.1) is 0 Å². The Hall–Kier alpha value is -1.36. The summed E-state index contributed by atoms with van der Waals surface area (Å²) < 4.78 is 11.5. The molecule has 4 aliphatic carbocycles. The molecular formula is C24H36O5. The summed E-state index contributed by atoms with van der Waals surface area (Å²) in [5, 5.41) is 11.5. The molecule has 5 heteroatoms. The fraction of sp³-hybridized carbons (Fsp3) is 0.833. The Labute approximate surface area is 174 Å². The first-order valence-electron chi connectivity index (χ1n) is 11.2. The van der Waals surface area contributed by atoms with Gasteiger partial charge in [0.1, 0.15) is 6.10 Å². The zero-order valence-corrected chi connectivity index (χ0v) is 18.5. The number of ether oxygens (including phenoxy) is 2. The van der Waals surface area contributed by atoms with E-state index in [1.54, 1.807) is 0 Å². The largest absolute Gasteiger partial charge is 0.465 e. The van der Waals surface area contributed by atoms with E-state index in [1.807, 2.05) is 0 Å². The first kappa shape index (κ1) is 20.9. The Bertz CT molecular complexity index is 746. The second kappa shape index (κ2) is 6.57. The van der Waals surface area contributed by atoms with Gasteiger partial charge in [0.25, 0.3) is 0 Å². The van der Waals surface area contributed by atoms with Crippen LogP contribution in [-0.2, 0) is 19.1 Å². The van der Waals surface area contributed by atoms with Crippen molar-refractivity contribution in [2.45, 2.75) is 85.4 Å². The Balaban J connectivity index is 1.78. The maximum atomic E-state index is 12.1. The van der Waals surface area contributed by atoms with E-state index in [2.05, 4.69) is 32.9 Å². The van der Waals surface area contributed by atoms with E-state index in [1.165, 1.54) is 13.8 Å². The molecule has 0 radical (unpaired) electrons. The van der Waals surface area contributed by atoms with Crippen LogP contribution < -0.4 is 0 Å². The highest BCUT2D eigenvalue weighted by Crippen LogP contribution is 2.72. The fourth-order valence-corrected chi connectivity index (χ4v) is 7.93. The summed E-state index contributed by atoms with van der Waals surface area (Å²) in [6.07, 6.45) is 9.38. The minimum Gasteiger partial charge on any atom is -0.465 e. The molecule has 0 saturated heterocycles. The van der Waals surface area contributed by atoms with Crippen LogP contribution in [0.15, 0.2) is 12.2 Å². The zero-order valence-electron chi connectivity index (χ0n) is 18.5. The number of carbonyl (C=O) groups is 2. The van der Waals surface area contributed by atoms with Gasteiger partial charge < -0.3 is 14.6 Å². The van der Waals surface area contributed by atoms with E-state index in [-0.39, 0.29) is 46.1 Å². The minimum atomic E-state index is -0.530. The molecule has 4 aliphatic rings. The Morgan fingerprint density at radius 1 is 1.03 bits per heavy atom. The summed E-state index contributed by atoms with van der Waals surface area (Å²) in [7, 11) is 0. The quantitative estimate of drug-likeness (QED) is 0.568. The molecule has 0 aliphatic heterocycles. The highest BCUT2D eigenvalue weighted by molar-refractivity contribution is 5.66. The van der Waals surface area contributed by atoms with Gasteiger partial charge in [-0.2, -0.15) is 0 Å². The lowest BCUT2D eigenvalue weighted by molar-refractivity contribution is -0.242. The van der Waals surface area contributed by atoms with Crippen molar-refractivity contribution in [2.24, 2.45) is 33.5 Å². The molecule has 1 spiro atoms. The van der Waals surface area contributed by atoms with Crippen LogP contribution >= 0.6 is 0 Å². The normalized spacial score (nSPS) is 50.4. The Kier molecular flexibility index (Phi) is 4.73. The van der Waals surface area contributed by atoms with Crippen molar-refractivity contribution in [1.29, 1.82) is 0 Å². The van der Waals surface area contributed by atoms with Crippen LogP contribution in [0.2, 0.25) is 0 Å². The molecule has 3 fully saturated rings. The van der Waals surface area contributed by atoms with Gasteiger partial charge in [-0.1, -0.05) is 39.3 Å². The van der Waals surface area contributed by atoms with E-state index < -0.39 is 11.5 Å². The molecule has 29 heavy (non-hydrogen) atoms. The minimum absolute atomic E-state index is 0.0147. The van der Waals surface area contributed by atoms with Gasteiger partial charge in [-0.05, 0) is 49.4 Å². The van der Waals surface area contributed by atoms with Crippen LogP contribution in [0.4, 0.5) is 0 Å². The van der Waals surface area contributed by atoms with Gasteiger partial charge in [0.2, 0.25) is 0 Å². The van der Waals surface area contributed by atoms with Crippen molar-refractivity contribution in [2.75, 3.05) is 6.61 Å². The summed E-state index contributed by atoms with van der Waals surface area (Å²) in [4.78, 5) is 23.6. The first-order valence-corrected chi connectivity index (χ1v) is 11.2. The third-order valence-electron chi connectivity index (χ3n) is 9.24. The van der Waals surface area contributed by atoms with E-state index >= 15 is 0 Å². The number of rotatable bonds is 3. The Morgan fingerprint density at radius 2 is 1.76 bits per heavy atom. The molecule has 0 aromatic carbocycles. The molecule has 5 nitrogen and oxygen atoms in total. The number of carbonyl (C=O) groups excluding carboxylic acids is 2. The maximum absolute atomic E-state index is 12.1. The van der Waals surface area contributed by atoms with E-state index in [4.69, 9.17) is 9.47 Å². The fourth-order valence-electron chi connectivity index (χ4n) is 7.93. The van der Waals surface area contributed by atoms with Crippen LogP contribution in [0.5, 0.6) is 0 Å². The number of fused-ring (bicyclic) bond motifs is 3. The predicted molar refractivity (Wildman–Crippen MR) is 109 cm³/mol. The molecule has 2 bridgehead atoms. The van der Waals surface area contributed by atoms with Crippen molar-refractivity contribution in [1.82, 2.24) is 0 Å². The third kappa shape index (κ3) is 2.83. The summed E-state index contributed by atoms with van der Waals surface area (Å²) >= 11 is 0. The molecule has 1 unspecified atom stereocenters. The second-order valence-electron chi connectivity index (χ2n) is 11.0. The van der Waals surface area contributed by atoms with Gasteiger partial charge in [-0.3, -0.25) is 9.59 Å². The van der Waals surface area contributed by atoms with Gasteiger partial charge in [0.15, 0.2) is 0 Å². The topological polar surface area (TPSA) is 72.8 Å². The predicted octanol–water partition coefficient (Wildman–Crippen LogP) is 4.03. The summed E-state index contributed by atoms with van der Waals surface area (Å²) in [5.41, 5.74) is -0.884. The van der Waals surface area contributed by atoms with Crippen molar-refractivity contribution < 1.29 is 24.2 Å². The molecule has 0 heterocycles. The number of aliphatic hydroxyl groups is 1. The molecule has 0 aromatic heterocycles. The molecule has 1 N–H and O–H groups in total. The van der Waals surface area contributed by atoms with Crippen molar-refractivity contribution in [3.63, 3.8) is 0 Å². The lowest BCUT2D eigenvalue weighted by Crippen LogP contribution is -2.67. The van der Waals surface area contributed by atoms with Gasteiger partial charge >= 0.3 is 11.9 Å². The van der Waals surface area contributed by atoms with Crippen LogP contribution in [0.25, 0.3) is 0 Å². The van der Waals surface area contributed by atoms with Crippen LogP contribution in [0, 0.1) is 33.5 Å². The van der Waals surface area contributed by atoms with Gasteiger partial charge in [0.05, 0.1) is 18.1 Å². The van der Waals surface area contributed by atoms with Crippen molar-refractivity contribution in [3.8, 4) is 0 Å². The number of aliphatic hydroxyl groups excluding tert-OH is 1. The summed E-state index contributed by atoms with van der Waals surface area (Å²) in [5.74, 6) is -0.0144. The summed E-state index contributed by atoms with van der Waals surface area (Å²) in [6.45, 7) is 10.1. The maximum Gasteiger partial charge on any atom is 0.302 e. The molecule has 162 valence electrons. The highest BCUT2D eigenvalue weighted by atomic mass is 16.5. The summed E-state index contributed by atoms with van der Waals surface area (Å²) in [6, 6.07) is 0. The van der Waals surface area contributed by atoms with E-state index in [0.29, 0.717) is 13.0 Å². The van der Waals surface area contributed by atoms with E-state index in [9.17, 15) is 14.7 Å². The first-order chi connectivity index (χ1) is 13.5. The number of hydrogen-bond acceptors (Lipinski definition) is 5. The van der Waals surface area contributed by atoms with Crippen molar-refractivity contribution >= 4 is 11.9 Å². The highest BCUT2D eigenvalue weighted by Gasteiger charge is 2.71. The SMILES string of the molecule is CC(=O)OC[C@@]1(C)CCC[C@]2(C)[C@@H]1C[C@@H](OC(C)=O)[C@@]13C=C[C@@](C)(CC[C@@H]21)C3O.